The molecule has 34 heavy (non-hydrogen) atoms. The van der Waals surface area contributed by atoms with Crippen LogP contribution in [0.25, 0.3) is 0 Å². The normalized spacial score (nSPS) is 15.4. The summed E-state index contributed by atoms with van der Waals surface area (Å²) in [5.74, 6) is 1.51. The van der Waals surface area contributed by atoms with Crippen LogP contribution in [0.4, 0.5) is 0 Å². The van der Waals surface area contributed by atoms with Crippen LogP contribution in [-0.2, 0) is 11.0 Å². The van der Waals surface area contributed by atoms with Gasteiger partial charge in [0.15, 0.2) is 11.5 Å². The van der Waals surface area contributed by atoms with Gasteiger partial charge in [-0.1, -0.05) is 81.4 Å². The van der Waals surface area contributed by atoms with Crippen LogP contribution in [0.1, 0.15) is 53.1 Å². The van der Waals surface area contributed by atoms with E-state index in [9.17, 15) is 4.21 Å². The minimum Gasteiger partial charge on any atom is -0.454 e. The Morgan fingerprint density at radius 1 is 0.824 bits per heavy atom. The van der Waals surface area contributed by atoms with E-state index in [1.165, 1.54) is 15.9 Å². The molecule has 0 spiro atoms. The molecule has 0 aromatic heterocycles. The Balaban J connectivity index is 1.95. The predicted octanol–water partition coefficient (Wildman–Crippen LogP) is 5.31. The van der Waals surface area contributed by atoms with Crippen molar-refractivity contribution < 1.29 is 13.7 Å². The summed E-state index contributed by atoms with van der Waals surface area (Å²) in [6.45, 7) is 12.8. The Morgan fingerprint density at radius 3 is 1.79 bits per heavy atom. The average Bonchev–Trinajstić information content (AvgIpc) is 3.24. The van der Waals surface area contributed by atoms with Crippen molar-refractivity contribution in [3.63, 3.8) is 0 Å². The Labute approximate surface area is 207 Å². The van der Waals surface area contributed by atoms with E-state index in [4.69, 9.17) is 9.47 Å². The largest absolute Gasteiger partial charge is 0.454 e. The van der Waals surface area contributed by atoms with Crippen LogP contribution in [0.5, 0.6) is 11.5 Å². The summed E-state index contributed by atoms with van der Waals surface area (Å²) in [6, 6.07) is 25.3. The number of hydrogen-bond acceptors (Lipinski definition) is 3. The van der Waals surface area contributed by atoms with Gasteiger partial charge in [0.1, 0.15) is 0 Å². The van der Waals surface area contributed by atoms with Crippen molar-refractivity contribution in [2.75, 3.05) is 6.79 Å². The third-order valence-corrected chi connectivity index (χ3v) is 9.81. The first-order chi connectivity index (χ1) is 16.1. The fourth-order valence-electron chi connectivity index (χ4n) is 3.94. The molecule has 0 fully saturated rings. The molecule has 1 unspecified atom stereocenters. The summed E-state index contributed by atoms with van der Waals surface area (Å²) < 4.78 is 28.0. The van der Waals surface area contributed by atoms with Crippen LogP contribution >= 0.6 is 7.92 Å². The zero-order valence-electron chi connectivity index (χ0n) is 20.8. The average molecular weight is 496 g/mol. The van der Waals surface area contributed by atoms with Gasteiger partial charge in [0.2, 0.25) is 6.79 Å². The molecule has 6 heteroatoms. The van der Waals surface area contributed by atoms with Gasteiger partial charge in [-0.15, -0.1) is 0 Å². The van der Waals surface area contributed by atoms with E-state index in [2.05, 4.69) is 98.3 Å². The van der Waals surface area contributed by atoms with Crippen LogP contribution in [0.2, 0.25) is 0 Å². The smallest absolute Gasteiger partial charge is 0.231 e. The highest BCUT2D eigenvalue weighted by Gasteiger charge is 2.36. The molecule has 3 aromatic carbocycles. The summed E-state index contributed by atoms with van der Waals surface area (Å²) in [5, 5.41) is 3.71. The second-order valence-corrected chi connectivity index (χ2v) is 14.8. The molecular formula is C28H34NO3PS. The van der Waals surface area contributed by atoms with Crippen LogP contribution < -0.4 is 30.1 Å². The fraction of sp³-hybridized carbons (Fsp3) is 0.357. The molecular weight excluding hydrogens is 461 g/mol. The van der Waals surface area contributed by atoms with Gasteiger partial charge in [0, 0.05) is 0 Å². The Kier molecular flexibility index (Phi) is 7.19. The van der Waals surface area contributed by atoms with E-state index < -0.39 is 18.9 Å². The molecule has 3 aromatic rings. The first-order valence-corrected chi connectivity index (χ1v) is 14.1. The molecule has 180 valence electrons. The SMILES string of the molecule is CC(C)(C)[C@@H](NS(=O)C(C)(C)C)c1cc2c(cc1P(c1ccccc1)c1ccccc1)OCO2. The number of rotatable bonds is 6. The maximum Gasteiger partial charge on any atom is 0.231 e. The molecule has 4 nitrogen and oxygen atoms in total. The highest BCUT2D eigenvalue weighted by atomic mass is 32.2. The zero-order chi connectivity index (χ0) is 24.5. The first-order valence-electron chi connectivity index (χ1n) is 11.6. The predicted molar refractivity (Wildman–Crippen MR) is 144 cm³/mol. The molecule has 1 heterocycles. The van der Waals surface area contributed by atoms with E-state index in [0.29, 0.717) is 0 Å². The van der Waals surface area contributed by atoms with Gasteiger partial charge in [0.05, 0.1) is 21.8 Å². The molecule has 0 radical (unpaired) electrons. The maximum absolute atomic E-state index is 13.3. The van der Waals surface area contributed by atoms with Crippen LogP contribution in [-0.4, -0.2) is 15.7 Å². The Hall–Kier alpha value is -2.20. The summed E-state index contributed by atoms with van der Waals surface area (Å²) in [7, 11) is -2.12. The van der Waals surface area contributed by atoms with E-state index in [1.807, 2.05) is 20.8 Å². The molecule has 4 rings (SSSR count). The second kappa shape index (κ2) is 9.81. The van der Waals surface area contributed by atoms with Gasteiger partial charge in [-0.2, -0.15) is 0 Å². The van der Waals surface area contributed by atoms with E-state index in [-0.39, 0.29) is 23.0 Å². The molecule has 0 saturated heterocycles. The lowest BCUT2D eigenvalue weighted by atomic mass is 9.83. The lowest BCUT2D eigenvalue weighted by Gasteiger charge is -2.36. The van der Waals surface area contributed by atoms with Crippen molar-refractivity contribution in [3.05, 3.63) is 78.4 Å². The molecule has 0 bridgehead atoms. The highest BCUT2D eigenvalue weighted by Crippen LogP contribution is 2.45. The topological polar surface area (TPSA) is 47.6 Å². The lowest BCUT2D eigenvalue weighted by molar-refractivity contribution is 0.174. The van der Waals surface area contributed by atoms with E-state index in [0.717, 1.165) is 17.1 Å². The zero-order valence-corrected chi connectivity index (χ0v) is 22.5. The molecule has 1 aliphatic rings. The number of benzene rings is 3. The summed E-state index contributed by atoms with van der Waals surface area (Å²) in [5.41, 5.74) is 0.908. The monoisotopic (exact) mass is 495 g/mol. The van der Waals surface area contributed by atoms with Gasteiger partial charge in [0.25, 0.3) is 0 Å². The molecule has 2 atom stereocenters. The highest BCUT2D eigenvalue weighted by molar-refractivity contribution is 7.84. The summed E-state index contributed by atoms with van der Waals surface area (Å²) in [6.07, 6.45) is 0. The van der Waals surface area contributed by atoms with Gasteiger partial charge in [-0.3, -0.25) is 0 Å². The fourth-order valence-corrected chi connectivity index (χ4v) is 7.49. The van der Waals surface area contributed by atoms with Gasteiger partial charge in [-0.25, -0.2) is 8.93 Å². The summed E-state index contributed by atoms with van der Waals surface area (Å²) >= 11 is 0. The minimum atomic E-state index is -1.24. The number of hydrogen-bond donors (Lipinski definition) is 1. The van der Waals surface area contributed by atoms with Crippen molar-refractivity contribution >= 4 is 34.8 Å². The van der Waals surface area contributed by atoms with Crippen LogP contribution in [0.15, 0.2) is 72.8 Å². The summed E-state index contributed by atoms with van der Waals surface area (Å²) in [4.78, 5) is 0. The Morgan fingerprint density at radius 2 is 1.32 bits per heavy atom. The molecule has 0 amide bonds. The maximum atomic E-state index is 13.3. The number of fused-ring (bicyclic) bond motifs is 1. The number of ether oxygens (including phenoxy) is 2. The van der Waals surface area contributed by atoms with Crippen molar-refractivity contribution in [2.24, 2.45) is 5.41 Å². The Bertz CT molecular complexity index is 1110. The number of nitrogens with one attached hydrogen (secondary N) is 1. The third-order valence-electron chi connectivity index (χ3n) is 5.75. The minimum absolute atomic E-state index is 0.158. The van der Waals surface area contributed by atoms with Gasteiger partial charge in [-0.05, 0) is 67.7 Å². The molecule has 1 N–H and O–H groups in total. The first kappa shape index (κ1) is 24.9. The van der Waals surface area contributed by atoms with Crippen LogP contribution in [0.3, 0.4) is 0 Å². The van der Waals surface area contributed by atoms with Crippen molar-refractivity contribution in [1.82, 2.24) is 4.72 Å². The standard InChI is InChI=1S/C28H34NO3PS/c1-27(2,3)26(29-34(30)28(4,5)6)22-17-23-24(32-19-31-23)18-25(22)33(20-13-9-7-10-14-20)21-15-11-8-12-16-21/h7-18,26,29H,19H2,1-6H3/t26-,34?/m0/s1. The third kappa shape index (κ3) is 5.38. The van der Waals surface area contributed by atoms with Crippen LogP contribution in [0, 0.1) is 5.41 Å². The van der Waals surface area contributed by atoms with Crippen molar-refractivity contribution in [3.8, 4) is 11.5 Å². The quantitative estimate of drug-likeness (QED) is 0.472. The molecule has 0 aliphatic carbocycles. The van der Waals surface area contributed by atoms with Crippen molar-refractivity contribution in [1.29, 1.82) is 0 Å². The van der Waals surface area contributed by atoms with Gasteiger partial charge >= 0.3 is 0 Å². The van der Waals surface area contributed by atoms with Crippen molar-refractivity contribution in [2.45, 2.75) is 52.3 Å². The molecule has 0 saturated carbocycles. The molecule has 1 aliphatic heterocycles. The second-order valence-electron chi connectivity index (χ2n) is 10.6. The van der Waals surface area contributed by atoms with E-state index in [1.54, 1.807) is 0 Å². The lowest BCUT2D eigenvalue weighted by Crippen LogP contribution is -2.42. The van der Waals surface area contributed by atoms with Gasteiger partial charge < -0.3 is 9.47 Å². The van der Waals surface area contributed by atoms with E-state index >= 15 is 0 Å².